The third kappa shape index (κ3) is 2.99. The van der Waals surface area contributed by atoms with Crippen LogP contribution in [0.3, 0.4) is 0 Å². The number of halogens is 1. The van der Waals surface area contributed by atoms with Crippen LogP contribution in [0.25, 0.3) is 0 Å². The largest absolute Gasteiger partial charge is 0.389 e. The first-order chi connectivity index (χ1) is 8.50. The molecule has 3 N–H and O–H groups in total. The highest BCUT2D eigenvalue weighted by Gasteiger charge is 2.27. The van der Waals surface area contributed by atoms with Gasteiger partial charge in [0.2, 0.25) is 0 Å². The zero-order chi connectivity index (χ0) is 13.2. The molecule has 0 saturated heterocycles. The lowest BCUT2D eigenvalue weighted by atomic mass is 9.83. The van der Waals surface area contributed by atoms with Gasteiger partial charge in [-0.25, -0.2) is 4.39 Å². The Balaban J connectivity index is 2.25. The Morgan fingerprint density at radius 1 is 1.33 bits per heavy atom. The number of hydrogen-bond acceptors (Lipinski definition) is 2. The van der Waals surface area contributed by atoms with E-state index in [1.165, 1.54) is 31.4 Å². The third-order valence-corrected chi connectivity index (χ3v) is 3.86. The van der Waals surface area contributed by atoms with Crippen LogP contribution < -0.4 is 11.1 Å². The number of nitrogens with one attached hydrogen (secondary N) is 1. The molecule has 0 heterocycles. The molecule has 1 aromatic rings. The minimum absolute atomic E-state index is 0.0651. The minimum atomic E-state index is -0.308. The van der Waals surface area contributed by atoms with Gasteiger partial charge < -0.3 is 11.1 Å². The van der Waals surface area contributed by atoms with Gasteiger partial charge in [-0.05, 0) is 38.0 Å². The molecule has 4 heteroatoms. The summed E-state index contributed by atoms with van der Waals surface area (Å²) in [6, 6.07) is 4.57. The number of nitrogens with two attached hydrogens (primary N) is 1. The molecular formula is C14H19FN2S. The molecule has 0 atom stereocenters. The molecule has 1 fully saturated rings. The second-order valence-corrected chi connectivity index (χ2v) is 5.74. The van der Waals surface area contributed by atoms with Gasteiger partial charge in [0.05, 0.1) is 0 Å². The molecule has 2 nitrogen and oxygen atoms in total. The maximum atomic E-state index is 13.2. The van der Waals surface area contributed by atoms with Crippen molar-refractivity contribution < 1.29 is 4.39 Å². The van der Waals surface area contributed by atoms with Gasteiger partial charge in [-0.15, -0.1) is 0 Å². The SMILES string of the molecule is CC1(Nc2ccc(F)cc2C(N)=S)CCCCC1. The molecule has 0 bridgehead atoms. The monoisotopic (exact) mass is 266 g/mol. The summed E-state index contributed by atoms with van der Waals surface area (Å²) in [5.74, 6) is -0.308. The summed E-state index contributed by atoms with van der Waals surface area (Å²) in [5.41, 5.74) is 7.16. The molecule has 2 rings (SSSR count). The van der Waals surface area contributed by atoms with Gasteiger partial charge in [0.15, 0.2) is 0 Å². The highest BCUT2D eigenvalue weighted by molar-refractivity contribution is 7.80. The fraction of sp³-hybridized carbons (Fsp3) is 0.500. The van der Waals surface area contributed by atoms with Gasteiger partial charge in [0.25, 0.3) is 0 Å². The van der Waals surface area contributed by atoms with Crippen LogP contribution in [-0.2, 0) is 0 Å². The summed E-state index contributed by atoms with van der Waals surface area (Å²) < 4.78 is 13.2. The number of thiocarbonyl (C=S) groups is 1. The summed E-state index contributed by atoms with van der Waals surface area (Å²) in [7, 11) is 0. The molecule has 0 unspecified atom stereocenters. The fourth-order valence-corrected chi connectivity index (χ4v) is 2.78. The van der Waals surface area contributed by atoms with Crippen LogP contribution in [0.15, 0.2) is 18.2 Å². The maximum Gasteiger partial charge on any atom is 0.124 e. The molecule has 18 heavy (non-hydrogen) atoms. The van der Waals surface area contributed by atoms with Crippen molar-refractivity contribution in [1.29, 1.82) is 0 Å². The average Bonchev–Trinajstić information content (AvgIpc) is 2.32. The van der Waals surface area contributed by atoms with Crippen molar-refractivity contribution >= 4 is 22.9 Å². The number of rotatable bonds is 3. The van der Waals surface area contributed by atoms with Crippen molar-refractivity contribution in [1.82, 2.24) is 0 Å². The van der Waals surface area contributed by atoms with E-state index in [9.17, 15) is 4.39 Å². The maximum absolute atomic E-state index is 13.2. The van der Waals surface area contributed by atoms with Crippen LogP contribution >= 0.6 is 12.2 Å². The van der Waals surface area contributed by atoms with Gasteiger partial charge in [0, 0.05) is 16.8 Å². The summed E-state index contributed by atoms with van der Waals surface area (Å²) in [6.45, 7) is 2.21. The topological polar surface area (TPSA) is 38.0 Å². The molecule has 1 aliphatic carbocycles. The first-order valence-electron chi connectivity index (χ1n) is 6.38. The van der Waals surface area contributed by atoms with Crippen LogP contribution in [0, 0.1) is 5.82 Å². The molecule has 0 aromatic heterocycles. The predicted molar refractivity (Wildman–Crippen MR) is 77.4 cm³/mol. The van der Waals surface area contributed by atoms with E-state index in [1.54, 1.807) is 6.07 Å². The molecule has 98 valence electrons. The molecule has 0 spiro atoms. The Hall–Kier alpha value is -1.16. The number of hydrogen-bond donors (Lipinski definition) is 2. The first kappa shape index (κ1) is 13.3. The Kier molecular flexibility index (Phi) is 3.85. The molecule has 0 aliphatic heterocycles. The smallest absolute Gasteiger partial charge is 0.124 e. The molecule has 0 amide bonds. The highest BCUT2D eigenvalue weighted by atomic mass is 32.1. The molecule has 0 radical (unpaired) electrons. The van der Waals surface area contributed by atoms with Crippen LogP contribution in [0.5, 0.6) is 0 Å². The summed E-state index contributed by atoms with van der Waals surface area (Å²) in [4.78, 5) is 0.233. The van der Waals surface area contributed by atoms with E-state index in [0.29, 0.717) is 5.56 Å². The highest BCUT2D eigenvalue weighted by Crippen LogP contribution is 2.32. The van der Waals surface area contributed by atoms with Crippen molar-refractivity contribution in [3.8, 4) is 0 Å². The van der Waals surface area contributed by atoms with Crippen molar-refractivity contribution in [3.05, 3.63) is 29.6 Å². The zero-order valence-corrected chi connectivity index (χ0v) is 11.4. The Morgan fingerprint density at radius 3 is 2.61 bits per heavy atom. The average molecular weight is 266 g/mol. The van der Waals surface area contributed by atoms with E-state index in [4.69, 9.17) is 18.0 Å². The van der Waals surface area contributed by atoms with E-state index in [0.717, 1.165) is 18.5 Å². The van der Waals surface area contributed by atoms with Crippen molar-refractivity contribution in [3.63, 3.8) is 0 Å². The summed E-state index contributed by atoms with van der Waals surface area (Å²) in [6.07, 6.45) is 6.01. The lowest BCUT2D eigenvalue weighted by Gasteiger charge is -2.36. The van der Waals surface area contributed by atoms with E-state index >= 15 is 0 Å². The van der Waals surface area contributed by atoms with Crippen LogP contribution in [0.2, 0.25) is 0 Å². The van der Waals surface area contributed by atoms with E-state index in [1.807, 2.05) is 0 Å². The summed E-state index contributed by atoms with van der Waals surface area (Å²) >= 11 is 4.98. The number of anilines is 1. The third-order valence-electron chi connectivity index (χ3n) is 3.64. The van der Waals surface area contributed by atoms with Crippen molar-refractivity contribution in [2.24, 2.45) is 5.73 Å². The van der Waals surface area contributed by atoms with Gasteiger partial charge in [-0.2, -0.15) is 0 Å². The number of benzene rings is 1. The van der Waals surface area contributed by atoms with E-state index < -0.39 is 0 Å². The quantitative estimate of drug-likeness (QED) is 0.821. The minimum Gasteiger partial charge on any atom is -0.389 e. The normalized spacial score (nSPS) is 18.3. The Labute approximate surface area is 113 Å². The van der Waals surface area contributed by atoms with Gasteiger partial charge >= 0.3 is 0 Å². The van der Waals surface area contributed by atoms with Crippen LogP contribution in [-0.4, -0.2) is 10.5 Å². The fourth-order valence-electron chi connectivity index (χ4n) is 2.61. The second kappa shape index (κ2) is 5.22. The van der Waals surface area contributed by atoms with Crippen LogP contribution in [0.1, 0.15) is 44.6 Å². The van der Waals surface area contributed by atoms with E-state index in [-0.39, 0.29) is 16.3 Å². The second-order valence-electron chi connectivity index (χ2n) is 5.30. The van der Waals surface area contributed by atoms with Crippen molar-refractivity contribution in [2.75, 3.05) is 5.32 Å². The van der Waals surface area contributed by atoms with E-state index in [2.05, 4.69) is 12.2 Å². The zero-order valence-electron chi connectivity index (χ0n) is 10.6. The lowest BCUT2D eigenvalue weighted by molar-refractivity contribution is 0.349. The molecule has 1 aromatic carbocycles. The van der Waals surface area contributed by atoms with Crippen molar-refractivity contribution in [2.45, 2.75) is 44.6 Å². The van der Waals surface area contributed by atoms with Gasteiger partial charge in [-0.1, -0.05) is 31.5 Å². The predicted octanol–water partition coefficient (Wildman–Crippen LogP) is 3.59. The first-order valence-corrected chi connectivity index (χ1v) is 6.79. The van der Waals surface area contributed by atoms with Crippen LogP contribution in [0.4, 0.5) is 10.1 Å². The van der Waals surface area contributed by atoms with Gasteiger partial charge in [-0.3, -0.25) is 0 Å². The summed E-state index contributed by atoms with van der Waals surface area (Å²) in [5, 5.41) is 3.50. The molecule has 1 aliphatic rings. The Bertz CT molecular complexity index is 453. The molecular weight excluding hydrogens is 247 g/mol. The Morgan fingerprint density at radius 2 is 2.00 bits per heavy atom. The molecule has 1 saturated carbocycles. The lowest BCUT2D eigenvalue weighted by Crippen LogP contribution is -2.37. The standard InChI is InChI=1S/C14H19FN2S/c1-14(7-3-2-4-8-14)17-12-6-5-10(15)9-11(12)13(16)18/h5-6,9,17H,2-4,7-8H2,1H3,(H2,16,18). The van der Waals surface area contributed by atoms with Gasteiger partial charge in [0.1, 0.15) is 10.8 Å².